The van der Waals surface area contributed by atoms with Gasteiger partial charge in [0.15, 0.2) is 12.4 Å². The summed E-state index contributed by atoms with van der Waals surface area (Å²) in [5.41, 5.74) is 0.489. The predicted molar refractivity (Wildman–Crippen MR) is 142 cm³/mol. The first-order chi connectivity index (χ1) is 19.0. The SMILES string of the molecule is CNc1nc(COC(=N)N(CC(F)(F)F)C(C)C)nc2c1C1(CC1)C(=O)N2c1ccc(OC2CCCCC2)nc1. The van der Waals surface area contributed by atoms with E-state index < -0.39 is 30.2 Å². The highest BCUT2D eigenvalue weighted by atomic mass is 19.4. The normalized spacial score (nSPS) is 18.2. The maximum Gasteiger partial charge on any atom is 0.406 e. The number of nitrogens with zero attached hydrogens (tertiary/aromatic N) is 5. The Kier molecular flexibility index (Phi) is 7.49. The van der Waals surface area contributed by atoms with E-state index >= 15 is 0 Å². The van der Waals surface area contributed by atoms with Crippen LogP contribution in [0.1, 0.15) is 70.2 Å². The third-order valence-electron chi connectivity index (χ3n) is 7.62. The van der Waals surface area contributed by atoms with Gasteiger partial charge in [0.25, 0.3) is 6.02 Å². The monoisotopic (exact) mass is 561 g/mol. The van der Waals surface area contributed by atoms with Crippen molar-refractivity contribution < 1.29 is 27.4 Å². The van der Waals surface area contributed by atoms with E-state index in [1.807, 2.05) is 0 Å². The van der Waals surface area contributed by atoms with Gasteiger partial charge in [0, 0.05) is 19.2 Å². The molecule has 40 heavy (non-hydrogen) atoms. The number of hydrogen-bond acceptors (Lipinski definition) is 8. The minimum absolute atomic E-state index is 0.127. The van der Waals surface area contributed by atoms with E-state index in [4.69, 9.17) is 14.9 Å². The zero-order valence-electron chi connectivity index (χ0n) is 22.8. The van der Waals surface area contributed by atoms with Crippen molar-refractivity contribution in [3.63, 3.8) is 0 Å². The fourth-order valence-corrected chi connectivity index (χ4v) is 5.41. The molecule has 0 unspecified atom stereocenters. The maximum absolute atomic E-state index is 13.7. The number of pyridine rings is 1. The highest BCUT2D eigenvalue weighted by Gasteiger charge is 2.62. The van der Waals surface area contributed by atoms with Crippen LogP contribution < -0.4 is 15.0 Å². The first kappa shape index (κ1) is 27.9. The number of nitrogens with one attached hydrogen (secondary N) is 2. The van der Waals surface area contributed by atoms with Gasteiger partial charge in [-0.25, -0.2) is 15.0 Å². The van der Waals surface area contributed by atoms with Crippen LogP contribution in [-0.4, -0.2) is 63.7 Å². The van der Waals surface area contributed by atoms with Crippen molar-refractivity contribution in [1.29, 1.82) is 5.41 Å². The third kappa shape index (κ3) is 5.50. The number of halogens is 3. The van der Waals surface area contributed by atoms with Gasteiger partial charge in [-0.1, -0.05) is 6.42 Å². The van der Waals surface area contributed by atoms with E-state index in [-0.39, 0.29) is 24.4 Å². The number of carbonyl (C=O) groups excluding carboxylic acids is 1. The van der Waals surface area contributed by atoms with Crippen LogP contribution in [0.2, 0.25) is 0 Å². The van der Waals surface area contributed by atoms with Gasteiger partial charge in [0.2, 0.25) is 11.8 Å². The standard InChI is InChI=1S/C27H34F3N7O3/c1-16(2)36(15-27(28,29)30)25(31)39-14-19-34-22(32-3)21-23(35-19)37(24(38)26(21)11-12-26)17-9-10-20(33-13-17)40-18-7-5-4-6-8-18/h9-10,13,16,18,31H,4-8,11-12,14-15H2,1-3H3,(H,32,34,35). The largest absolute Gasteiger partial charge is 0.474 e. The number of aromatic nitrogens is 3. The van der Waals surface area contributed by atoms with E-state index in [9.17, 15) is 18.0 Å². The molecule has 5 rings (SSSR count). The highest BCUT2D eigenvalue weighted by molar-refractivity contribution is 6.15. The fourth-order valence-electron chi connectivity index (χ4n) is 5.41. The van der Waals surface area contributed by atoms with Crippen LogP contribution in [-0.2, 0) is 21.6 Å². The number of hydrogen-bond donors (Lipinski definition) is 2. The van der Waals surface area contributed by atoms with E-state index in [0.29, 0.717) is 41.6 Å². The summed E-state index contributed by atoms with van der Waals surface area (Å²) >= 11 is 0. The summed E-state index contributed by atoms with van der Waals surface area (Å²) in [6.45, 7) is 1.44. The molecule has 0 saturated heterocycles. The average molecular weight is 562 g/mol. The molecule has 0 radical (unpaired) electrons. The minimum Gasteiger partial charge on any atom is -0.474 e. The Morgan fingerprint density at radius 1 is 1.23 bits per heavy atom. The van der Waals surface area contributed by atoms with Gasteiger partial charge in [0.05, 0.1) is 22.9 Å². The number of ether oxygens (including phenoxy) is 2. The van der Waals surface area contributed by atoms with Gasteiger partial charge in [0.1, 0.15) is 24.3 Å². The van der Waals surface area contributed by atoms with Crippen molar-refractivity contribution in [2.24, 2.45) is 0 Å². The lowest BCUT2D eigenvalue weighted by Gasteiger charge is -2.29. The summed E-state index contributed by atoms with van der Waals surface area (Å²) < 4.78 is 50.5. The number of amidine groups is 1. The number of carbonyl (C=O) groups is 1. The van der Waals surface area contributed by atoms with Gasteiger partial charge >= 0.3 is 6.18 Å². The summed E-state index contributed by atoms with van der Waals surface area (Å²) in [5, 5.41) is 11.1. The molecule has 216 valence electrons. The van der Waals surface area contributed by atoms with Crippen LogP contribution in [0.4, 0.5) is 30.5 Å². The fraction of sp³-hybridized carbons (Fsp3) is 0.593. The summed E-state index contributed by atoms with van der Waals surface area (Å²) in [4.78, 5) is 29.6. The second-order valence-corrected chi connectivity index (χ2v) is 10.8. The van der Waals surface area contributed by atoms with E-state index in [1.54, 1.807) is 39.2 Å². The Bertz CT molecular complexity index is 1260. The molecular weight excluding hydrogens is 527 g/mol. The second-order valence-electron chi connectivity index (χ2n) is 10.8. The molecule has 2 saturated carbocycles. The molecule has 2 aromatic heterocycles. The summed E-state index contributed by atoms with van der Waals surface area (Å²) in [5.74, 6) is 1.33. The first-order valence-corrected chi connectivity index (χ1v) is 13.6. The van der Waals surface area contributed by atoms with Gasteiger partial charge in [-0.05, 0) is 58.4 Å². The Balaban J connectivity index is 1.39. The molecule has 2 N–H and O–H groups in total. The van der Waals surface area contributed by atoms with Crippen molar-refractivity contribution in [3.8, 4) is 5.88 Å². The molecule has 1 amide bonds. The molecule has 10 nitrogen and oxygen atoms in total. The lowest BCUT2D eigenvalue weighted by Crippen LogP contribution is -2.43. The average Bonchev–Trinajstić information content (AvgIpc) is 3.68. The quantitative estimate of drug-likeness (QED) is 0.340. The number of rotatable bonds is 8. The van der Waals surface area contributed by atoms with Crippen LogP contribution in [0, 0.1) is 5.41 Å². The Morgan fingerprint density at radius 2 is 1.95 bits per heavy atom. The van der Waals surface area contributed by atoms with Gasteiger partial charge in [-0.15, -0.1) is 0 Å². The third-order valence-corrected chi connectivity index (χ3v) is 7.62. The Morgan fingerprint density at radius 3 is 2.52 bits per heavy atom. The highest BCUT2D eigenvalue weighted by Crippen LogP contribution is 2.60. The molecule has 2 aliphatic carbocycles. The van der Waals surface area contributed by atoms with Crippen LogP contribution in [0.25, 0.3) is 0 Å². The summed E-state index contributed by atoms with van der Waals surface area (Å²) in [7, 11) is 1.68. The number of amides is 1. The van der Waals surface area contributed by atoms with E-state index in [1.165, 1.54) is 11.3 Å². The molecule has 0 atom stereocenters. The number of anilines is 3. The molecule has 1 spiro atoms. The summed E-state index contributed by atoms with van der Waals surface area (Å²) in [6.07, 6.45) is 4.06. The van der Waals surface area contributed by atoms with E-state index in [0.717, 1.165) is 30.6 Å². The Hall–Kier alpha value is -3.64. The van der Waals surface area contributed by atoms with Crippen molar-refractivity contribution in [1.82, 2.24) is 19.9 Å². The van der Waals surface area contributed by atoms with Crippen LogP contribution >= 0.6 is 0 Å². The maximum atomic E-state index is 13.7. The van der Waals surface area contributed by atoms with Crippen LogP contribution in [0.3, 0.4) is 0 Å². The number of fused-ring (bicyclic) bond motifs is 2. The smallest absolute Gasteiger partial charge is 0.406 e. The zero-order chi connectivity index (χ0) is 28.7. The summed E-state index contributed by atoms with van der Waals surface area (Å²) in [6, 6.07) is 2.29. The molecule has 3 aliphatic rings. The molecule has 2 fully saturated rings. The lowest BCUT2D eigenvalue weighted by molar-refractivity contribution is -0.142. The van der Waals surface area contributed by atoms with E-state index in [2.05, 4.69) is 20.3 Å². The topological polar surface area (TPSA) is 117 Å². The first-order valence-electron chi connectivity index (χ1n) is 13.6. The minimum atomic E-state index is -4.49. The molecule has 13 heteroatoms. The zero-order valence-corrected chi connectivity index (χ0v) is 22.8. The van der Waals surface area contributed by atoms with Gasteiger partial charge in [-0.2, -0.15) is 13.2 Å². The van der Waals surface area contributed by atoms with Crippen molar-refractivity contribution in [2.75, 3.05) is 23.8 Å². The van der Waals surface area contributed by atoms with Crippen molar-refractivity contribution >= 4 is 29.3 Å². The predicted octanol–water partition coefficient (Wildman–Crippen LogP) is 5.06. The molecule has 1 aliphatic heterocycles. The lowest BCUT2D eigenvalue weighted by atomic mass is 9.98. The van der Waals surface area contributed by atoms with Crippen LogP contribution in [0.5, 0.6) is 5.88 Å². The van der Waals surface area contributed by atoms with Crippen molar-refractivity contribution in [2.45, 2.75) is 89.1 Å². The molecular formula is C27H34F3N7O3. The van der Waals surface area contributed by atoms with Crippen LogP contribution in [0.15, 0.2) is 18.3 Å². The second kappa shape index (κ2) is 10.7. The van der Waals surface area contributed by atoms with Crippen molar-refractivity contribution in [3.05, 3.63) is 29.7 Å². The van der Waals surface area contributed by atoms with Gasteiger partial charge in [-0.3, -0.25) is 15.1 Å². The molecule has 3 heterocycles. The Labute approximate surface area is 230 Å². The van der Waals surface area contributed by atoms with Gasteiger partial charge < -0.3 is 19.7 Å². The molecule has 2 aromatic rings. The molecule has 0 aromatic carbocycles. The number of alkyl halides is 3. The molecule has 0 bridgehead atoms.